The Bertz CT molecular complexity index is 593. The fourth-order valence-corrected chi connectivity index (χ4v) is 2.09. The number of methoxy groups -OCH3 is 1. The fraction of sp³-hybridized carbons (Fsp3) is 0.231. The number of halogens is 3. The third-order valence-corrected chi connectivity index (χ3v) is 2.95. The van der Waals surface area contributed by atoms with Crippen LogP contribution in [-0.4, -0.2) is 17.1 Å². The van der Waals surface area contributed by atoms with E-state index in [1.54, 1.807) is 25.3 Å². The van der Waals surface area contributed by atoms with E-state index in [1.165, 1.54) is 6.07 Å². The first-order valence-electron chi connectivity index (χ1n) is 5.54. The van der Waals surface area contributed by atoms with Crippen molar-refractivity contribution < 1.29 is 9.13 Å². The summed E-state index contributed by atoms with van der Waals surface area (Å²) in [6.07, 6.45) is 0.226. The summed E-state index contributed by atoms with van der Waals surface area (Å²) in [6, 6.07) is 6.43. The summed E-state index contributed by atoms with van der Waals surface area (Å²) < 4.78 is 18.8. The van der Waals surface area contributed by atoms with Crippen molar-refractivity contribution in [3.63, 3.8) is 0 Å². The Balaban J connectivity index is 2.30. The van der Waals surface area contributed by atoms with Crippen molar-refractivity contribution in [3.05, 3.63) is 57.3 Å². The molecule has 1 heterocycles. The van der Waals surface area contributed by atoms with E-state index in [9.17, 15) is 4.39 Å². The van der Waals surface area contributed by atoms with E-state index >= 15 is 0 Å². The number of rotatable bonds is 4. The molecular formula is C13H11Cl2FN2O. The standard InChI is InChI=1S/C13H11Cl2FN2O/c1-19-7-9-6-11(15)18-12(17-9)5-8-3-2-4-10(14)13(8)16/h2-4,6H,5,7H2,1H3. The number of benzene rings is 1. The van der Waals surface area contributed by atoms with Gasteiger partial charge in [-0.05, 0) is 17.7 Å². The highest BCUT2D eigenvalue weighted by Gasteiger charge is 2.10. The van der Waals surface area contributed by atoms with Gasteiger partial charge in [-0.2, -0.15) is 0 Å². The zero-order chi connectivity index (χ0) is 13.8. The number of aromatic nitrogens is 2. The molecule has 0 saturated heterocycles. The summed E-state index contributed by atoms with van der Waals surface area (Å²) in [5.74, 6) is -0.0262. The van der Waals surface area contributed by atoms with Gasteiger partial charge in [0.05, 0.1) is 17.3 Å². The third kappa shape index (κ3) is 3.62. The molecule has 0 bridgehead atoms. The first kappa shape index (κ1) is 14.2. The van der Waals surface area contributed by atoms with E-state index < -0.39 is 5.82 Å². The average molecular weight is 301 g/mol. The molecule has 0 fully saturated rings. The van der Waals surface area contributed by atoms with Gasteiger partial charge < -0.3 is 4.74 Å². The normalized spacial score (nSPS) is 10.7. The summed E-state index contributed by atoms with van der Waals surface area (Å²) in [5, 5.41) is 0.385. The summed E-state index contributed by atoms with van der Waals surface area (Å²) >= 11 is 11.6. The lowest BCUT2D eigenvalue weighted by molar-refractivity contribution is 0.181. The van der Waals surface area contributed by atoms with Gasteiger partial charge in [-0.15, -0.1) is 0 Å². The van der Waals surface area contributed by atoms with Crippen molar-refractivity contribution >= 4 is 23.2 Å². The van der Waals surface area contributed by atoms with Gasteiger partial charge in [0.1, 0.15) is 16.8 Å². The van der Waals surface area contributed by atoms with Crippen LogP contribution in [0.3, 0.4) is 0 Å². The quantitative estimate of drug-likeness (QED) is 0.808. The molecule has 0 spiro atoms. The van der Waals surface area contributed by atoms with Crippen molar-refractivity contribution in [2.75, 3.05) is 7.11 Å². The lowest BCUT2D eigenvalue weighted by atomic mass is 10.1. The fourth-order valence-electron chi connectivity index (χ4n) is 1.67. The van der Waals surface area contributed by atoms with Crippen LogP contribution in [0.1, 0.15) is 17.1 Å². The summed E-state index contributed by atoms with van der Waals surface area (Å²) in [4.78, 5) is 8.33. The molecule has 0 amide bonds. The van der Waals surface area contributed by atoms with Gasteiger partial charge in [0.15, 0.2) is 0 Å². The topological polar surface area (TPSA) is 35.0 Å². The average Bonchev–Trinajstić information content (AvgIpc) is 2.35. The van der Waals surface area contributed by atoms with Crippen LogP contribution in [-0.2, 0) is 17.8 Å². The Morgan fingerprint density at radius 3 is 2.79 bits per heavy atom. The zero-order valence-electron chi connectivity index (χ0n) is 10.2. The predicted octanol–water partition coefficient (Wildman–Crippen LogP) is 3.66. The minimum Gasteiger partial charge on any atom is -0.378 e. The van der Waals surface area contributed by atoms with Crippen LogP contribution in [0.2, 0.25) is 10.2 Å². The SMILES string of the molecule is COCc1cc(Cl)nc(Cc2cccc(Cl)c2F)n1. The molecular weight excluding hydrogens is 290 g/mol. The van der Waals surface area contributed by atoms with Crippen LogP contribution in [0.4, 0.5) is 4.39 Å². The molecule has 0 radical (unpaired) electrons. The van der Waals surface area contributed by atoms with Gasteiger partial charge in [0, 0.05) is 13.5 Å². The Labute approximate surface area is 120 Å². The van der Waals surface area contributed by atoms with Crippen LogP contribution in [0.5, 0.6) is 0 Å². The van der Waals surface area contributed by atoms with Crippen molar-refractivity contribution in [3.8, 4) is 0 Å². The predicted molar refractivity (Wildman–Crippen MR) is 72.0 cm³/mol. The van der Waals surface area contributed by atoms with E-state index in [0.717, 1.165) is 0 Å². The van der Waals surface area contributed by atoms with Crippen LogP contribution < -0.4 is 0 Å². The maximum atomic E-state index is 13.8. The molecule has 1 aromatic heterocycles. The summed E-state index contributed by atoms with van der Waals surface area (Å²) in [7, 11) is 1.56. The zero-order valence-corrected chi connectivity index (χ0v) is 11.7. The maximum absolute atomic E-state index is 13.8. The van der Waals surface area contributed by atoms with Crippen molar-refractivity contribution in [2.24, 2.45) is 0 Å². The van der Waals surface area contributed by atoms with Gasteiger partial charge in [-0.3, -0.25) is 0 Å². The Morgan fingerprint density at radius 2 is 2.05 bits per heavy atom. The molecule has 3 nitrogen and oxygen atoms in total. The van der Waals surface area contributed by atoms with Gasteiger partial charge in [0.25, 0.3) is 0 Å². The second kappa shape index (κ2) is 6.28. The van der Waals surface area contributed by atoms with Crippen molar-refractivity contribution in [1.82, 2.24) is 9.97 Å². The maximum Gasteiger partial charge on any atom is 0.145 e. The van der Waals surface area contributed by atoms with Crippen LogP contribution in [0, 0.1) is 5.82 Å². The highest BCUT2D eigenvalue weighted by atomic mass is 35.5. The summed E-state index contributed by atoms with van der Waals surface area (Å²) in [6.45, 7) is 0.327. The number of ether oxygens (including phenoxy) is 1. The van der Waals surface area contributed by atoms with Gasteiger partial charge in [-0.25, -0.2) is 14.4 Å². The highest BCUT2D eigenvalue weighted by molar-refractivity contribution is 6.30. The lowest BCUT2D eigenvalue weighted by Crippen LogP contribution is -2.03. The largest absolute Gasteiger partial charge is 0.378 e. The second-order valence-corrected chi connectivity index (χ2v) is 4.72. The molecule has 0 N–H and O–H groups in total. The van der Waals surface area contributed by atoms with E-state index in [4.69, 9.17) is 27.9 Å². The third-order valence-electron chi connectivity index (χ3n) is 2.47. The molecule has 0 saturated carbocycles. The second-order valence-electron chi connectivity index (χ2n) is 3.92. The van der Waals surface area contributed by atoms with Crippen molar-refractivity contribution in [2.45, 2.75) is 13.0 Å². The molecule has 0 aliphatic carbocycles. The van der Waals surface area contributed by atoms with E-state index in [2.05, 4.69) is 9.97 Å². The first-order valence-corrected chi connectivity index (χ1v) is 6.30. The first-order chi connectivity index (χ1) is 9.10. The van der Waals surface area contributed by atoms with Crippen LogP contribution in [0.25, 0.3) is 0 Å². The molecule has 2 rings (SSSR count). The molecule has 6 heteroatoms. The van der Waals surface area contributed by atoms with Gasteiger partial charge in [0.2, 0.25) is 0 Å². The van der Waals surface area contributed by atoms with Gasteiger partial charge in [-0.1, -0.05) is 35.3 Å². The smallest absolute Gasteiger partial charge is 0.145 e. The number of nitrogens with zero attached hydrogens (tertiary/aromatic N) is 2. The van der Waals surface area contributed by atoms with Gasteiger partial charge >= 0.3 is 0 Å². The van der Waals surface area contributed by atoms with E-state index in [1.807, 2.05) is 0 Å². The van der Waals surface area contributed by atoms with E-state index in [-0.39, 0.29) is 11.4 Å². The Hall–Kier alpha value is -1.23. The Kier molecular flexibility index (Phi) is 4.69. The van der Waals surface area contributed by atoms with Crippen molar-refractivity contribution in [1.29, 1.82) is 0 Å². The molecule has 2 aromatic rings. The lowest BCUT2D eigenvalue weighted by Gasteiger charge is -2.06. The van der Waals surface area contributed by atoms with Crippen LogP contribution >= 0.6 is 23.2 Å². The molecule has 0 aliphatic heterocycles. The molecule has 100 valence electrons. The molecule has 0 aliphatic rings. The molecule has 19 heavy (non-hydrogen) atoms. The number of hydrogen-bond donors (Lipinski definition) is 0. The monoisotopic (exact) mass is 300 g/mol. The minimum atomic E-state index is -0.457. The Morgan fingerprint density at radius 1 is 1.26 bits per heavy atom. The van der Waals surface area contributed by atoms with Crippen LogP contribution in [0.15, 0.2) is 24.3 Å². The minimum absolute atomic E-state index is 0.0802. The molecule has 0 unspecified atom stereocenters. The summed E-state index contributed by atoms with van der Waals surface area (Å²) in [5.41, 5.74) is 1.08. The highest BCUT2D eigenvalue weighted by Crippen LogP contribution is 2.20. The van der Waals surface area contributed by atoms with E-state index in [0.29, 0.717) is 28.8 Å². The number of hydrogen-bond acceptors (Lipinski definition) is 3. The molecule has 1 aromatic carbocycles. The molecule has 0 atom stereocenters.